The number of rotatable bonds is 0. The van der Waals surface area contributed by atoms with Gasteiger partial charge < -0.3 is 5.21 Å². The molecule has 2 aromatic rings. The van der Waals surface area contributed by atoms with Gasteiger partial charge in [-0.15, -0.1) is 0 Å². The Morgan fingerprint density at radius 2 is 2.00 bits per heavy atom. The number of fused-ring (bicyclic) bond motifs is 1. The highest BCUT2D eigenvalue weighted by Crippen LogP contribution is 1.94. The predicted molar refractivity (Wildman–Crippen MR) is 38.4 cm³/mol. The van der Waals surface area contributed by atoms with Crippen LogP contribution < -0.4 is 5.49 Å². The van der Waals surface area contributed by atoms with Crippen molar-refractivity contribution in [2.45, 2.75) is 0 Å². The van der Waals surface area contributed by atoms with Crippen LogP contribution in [0.2, 0.25) is 0 Å². The minimum absolute atomic E-state index is 0.117. The minimum atomic E-state index is -0.117. The Morgan fingerprint density at radius 3 is 2.83 bits per heavy atom. The summed E-state index contributed by atoms with van der Waals surface area (Å²) < 4.78 is 0.594. The van der Waals surface area contributed by atoms with Crippen LogP contribution in [0.1, 0.15) is 0 Å². The summed E-state index contributed by atoms with van der Waals surface area (Å²) in [6, 6.07) is 0. The highest BCUT2D eigenvalue weighted by atomic mass is 16.5. The Kier molecular flexibility index (Phi) is 1.26. The predicted octanol–water partition coefficient (Wildman–Crippen LogP) is -0.457. The first-order valence-electron chi connectivity index (χ1n) is 3.21. The molecule has 60 valence electrons. The fraction of sp³-hybridized carbons (Fsp3) is 0. The first-order valence-corrected chi connectivity index (χ1v) is 3.21. The van der Waals surface area contributed by atoms with Crippen LogP contribution in [0.4, 0.5) is 0 Å². The molecule has 0 unspecified atom stereocenters. The molecule has 2 aromatic heterocycles. The molecule has 6 nitrogen and oxygen atoms in total. The molecule has 0 aliphatic carbocycles. The van der Waals surface area contributed by atoms with Crippen LogP contribution >= 0.6 is 0 Å². The summed E-state index contributed by atoms with van der Waals surface area (Å²) in [5.74, 6) is 0. The van der Waals surface area contributed by atoms with E-state index in [2.05, 4.69) is 15.0 Å². The largest absolute Gasteiger partial charge is 0.425 e. The summed E-state index contributed by atoms with van der Waals surface area (Å²) in [5.41, 5.74) is 0.517. The zero-order valence-electron chi connectivity index (χ0n) is 5.97. The van der Waals surface area contributed by atoms with E-state index in [0.717, 1.165) is 6.33 Å². The summed E-state index contributed by atoms with van der Waals surface area (Å²) >= 11 is 0. The molecule has 0 aliphatic rings. The molecule has 0 saturated carbocycles. The van der Waals surface area contributed by atoms with Crippen LogP contribution in [0, 0.1) is 5.41 Å². The summed E-state index contributed by atoms with van der Waals surface area (Å²) in [5, 5.41) is 16.4. The molecule has 2 rings (SSSR count). The van der Waals surface area contributed by atoms with Gasteiger partial charge in [-0.2, -0.15) is 4.73 Å². The van der Waals surface area contributed by atoms with Crippen LogP contribution in [0.5, 0.6) is 0 Å². The monoisotopic (exact) mass is 163 g/mol. The van der Waals surface area contributed by atoms with Crippen LogP contribution in [-0.2, 0) is 0 Å². The van der Waals surface area contributed by atoms with E-state index in [1.165, 1.54) is 12.4 Å². The lowest BCUT2D eigenvalue weighted by Gasteiger charge is -1.97. The van der Waals surface area contributed by atoms with Gasteiger partial charge in [-0.3, -0.25) is 5.41 Å². The molecule has 0 radical (unpaired) electrons. The van der Waals surface area contributed by atoms with E-state index < -0.39 is 0 Å². The Labute approximate surface area is 66.6 Å². The summed E-state index contributed by atoms with van der Waals surface area (Å²) in [4.78, 5) is 11.5. The Bertz CT molecular complexity index is 477. The molecule has 0 aliphatic heterocycles. The second-order valence-electron chi connectivity index (χ2n) is 2.17. The summed E-state index contributed by atoms with van der Waals surface area (Å²) in [6.45, 7) is 0. The quantitative estimate of drug-likeness (QED) is 0.514. The maximum atomic E-state index is 9.02. The number of nitrogens with zero attached hydrogens (tertiary/aromatic N) is 4. The molecule has 0 saturated heterocycles. The van der Waals surface area contributed by atoms with Crippen LogP contribution in [0.3, 0.4) is 0 Å². The fourth-order valence-electron chi connectivity index (χ4n) is 0.868. The first kappa shape index (κ1) is 6.71. The van der Waals surface area contributed by atoms with Crippen molar-refractivity contribution in [1.29, 1.82) is 5.41 Å². The molecule has 6 heteroatoms. The van der Waals surface area contributed by atoms with Gasteiger partial charge in [0.15, 0.2) is 16.7 Å². The van der Waals surface area contributed by atoms with Gasteiger partial charge in [-0.05, 0) is 0 Å². The van der Waals surface area contributed by atoms with Gasteiger partial charge in [0.05, 0.1) is 0 Å². The van der Waals surface area contributed by atoms with Crippen molar-refractivity contribution >= 4 is 11.2 Å². The molecule has 0 amide bonds. The molecule has 12 heavy (non-hydrogen) atoms. The van der Waals surface area contributed by atoms with E-state index >= 15 is 0 Å². The molecule has 0 atom stereocenters. The zero-order chi connectivity index (χ0) is 8.55. The molecular formula is C6H5N5O. The standard InChI is InChI=1S/C6H5N5O/c7-5-4-6(9-2-1-8-4)10-3-11(5)12/h1-3,7,12H. The van der Waals surface area contributed by atoms with Crippen molar-refractivity contribution in [1.82, 2.24) is 19.7 Å². The topological polar surface area (TPSA) is 87.7 Å². The Morgan fingerprint density at radius 1 is 1.25 bits per heavy atom. The van der Waals surface area contributed by atoms with Gasteiger partial charge in [0.1, 0.15) is 6.33 Å². The third kappa shape index (κ3) is 0.815. The number of hydrogen-bond acceptors (Lipinski definition) is 5. The Hall–Kier alpha value is -1.98. The SMILES string of the molecule is N=c1c2nccnc2ncn1O. The maximum Gasteiger partial charge on any atom is 0.192 e. The van der Waals surface area contributed by atoms with E-state index in [1.807, 2.05) is 0 Å². The lowest BCUT2D eigenvalue weighted by molar-refractivity contribution is 0.168. The number of nitrogens with one attached hydrogen (secondary N) is 1. The van der Waals surface area contributed by atoms with Crippen LogP contribution in [0.25, 0.3) is 11.2 Å². The average molecular weight is 163 g/mol. The van der Waals surface area contributed by atoms with E-state index in [1.54, 1.807) is 0 Å². The fourth-order valence-corrected chi connectivity index (χ4v) is 0.868. The molecule has 0 fully saturated rings. The van der Waals surface area contributed by atoms with E-state index in [9.17, 15) is 0 Å². The van der Waals surface area contributed by atoms with Crippen molar-refractivity contribution in [3.8, 4) is 0 Å². The maximum absolute atomic E-state index is 9.02. The highest BCUT2D eigenvalue weighted by molar-refractivity contribution is 5.66. The second kappa shape index (κ2) is 2.26. The van der Waals surface area contributed by atoms with Crippen LogP contribution in [-0.4, -0.2) is 24.9 Å². The van der Waals surface area contributed by atoms with Crippen molar-refractivity contribution in [3.05, 3.63) is 24.2 Å². The molecule has 2 heterocycles. The lowest BCUT2D eigenvalue weighted by atomic mass is 10.5. The summed E-state index contributed by atoms with van der Waals surface area (Å²) in [6.07, 6.45) is 4.04. The molecule has 0 aromatic carbocycles. The normalized spacial score (nSPS) is 10.3. The lowest BCUT2D eigenvalue weighted by Crippen LogP contribution is -2.19. The molecule has 0 bridgehead atoms. The third-order valence-electron chi connectivity index (χ3n) is 1.42. The zero-order valence-corrected chi connectivity index (χ0v) is 5.97. The van der Waals surface area contributed by atoms with Gasteiger partial charge in [-0.25, -0.2) is 15.0 Å². The van der Waals surface area contributed by atoms with Crippen molar-refractivity contribution < 1.29 is 5.21 Å². The van der Waals surface area contributed by atoms with Gasteiger partial charge in [-0.1, -0.05) is 0 Å². The molecular weight excluding hydrogens is 158 g/mol. The minimum Gasteiger partial charge on any atom is -0.425 e. The van der Waals surface area contributed by atoms with Crippen molar-refractivity contribution in [2.24, 2.45) is 0 Å². The third-order valence-corrected chi connectivity index (χ3v) is 1.42. The van der Waals surface area contributed by atoms with Gasteiger partial charge in [0.25, 0.3) is 0 Å². The van der Waals surface area contributed by atoms with E-state index in [0.29, 0.717) is 10.4 Å². The average Bonchev–Trinajstić information content (AvgIpc) is 2.12. The van der Waals surface area contributed by atoms with Crippen LogP contribution in [0.15, 0.2) is 18.7 Å². The molecule has 0 spiro atoms. The second-order valence-corrected chi connectivity index (χ2v) is 2.17. The van der Waals surface area contributed by atoms with E-state index in [4.69, 9.17) is 10.6 Å². The van der Waals surface area contributed by atoms with Gasteiger partial charge >= 0.3 is 0 Å². The Balaban J connectivity index is 3.01. The summed E-state index contributed by atoms with van der Waals surface area (Å²) in [7, 11) is 0. The van der Waals surface area contributed by atoms with E-state index in [-0.39, 0.29) is 11.0 Å². The van der Waals surface area contributed by atoms with Gasteiger partial charge in [0, 0.05) is 12.4 Å². The van der Waals surface area contributed by atoms with Crippen molar-refractivity contribution in [3.63, 3.8) is 0 Å². The molecule has 2 N–H and O–H groups in total. The highest BCUT2D eigenvalue weighted by Gasteiger charge is 1.99. The first-order chi connectivity index (χ1) is 5.79. The van der Waals surface area contributed by atoms with Gasteiger partial charge in [0.2, 0.25) is 0 Å². The van der Waals surface area contributed by atoms with Crippen molar-refractivity contribution in [2.75, 3.05) is 0 Å². The smallest absolute Gasteiger partial charge is 0.192 e. The number of hydrogen-bond donors (Lipinski definition) is 2. The number of aromatic nitrogens is 4.